The average Bonchev–Trinajstić information content (AvgIpc) is 2.92. The Kier molecular flexibility index (Phi) is 2.71. The maximum Gasteiger partial charge on any atom is 0.243 e. The van der Waals surface area contributed by atoms with Gasteiger partial charge in [0.2, 0.25) is 11.8 Å². The van der Waals surface area contributed by atoms with Gasteiger partial charge < -0.3 is 9.84 Å². The topological polar surface area (TPSA) is 81.1 Å². The van der Waals surface area contributed by atoms with Crippen LogP contribution in [0, 0.1) is 6.92 Å². The summed E-state index contributed by atoms with van der Waals surface area (Å²) in [5.74, 6) is 1.64. The van der Waals surface area contributed by atoms with E-state index in [0.29, 0.717) is 24.2 Å². The lowest BCUT2D eigenvalue weighted by Crippen LogP contribution is -2.02. The van der Waals surface area contributed by atoms with Crippen LogP contribution < -0.4 is 5.32 Å². The van der Waals surface area contributed by atoms with E-state index in [1.54, 1.807) is 11.4 Å². The van der Waals surface area contributed by atoms with Gasteiger partial charge in [-0.15, -0.1) is 5.10 Å². The molecular weight excluding hydrogens is 300 g/mol. The quantitative estimate of drug-likeness (QED) is 0.794. The van der Waals surface area contributed by atoms with Crippen molar-refractivity contribution in [2.75, 3.05) is 5.32 Å². The number of hydrogen-bond acceptors (Lipinski definition) is 6. The summed E-state index contributed by atoms with van der Waals surface area (Å²) >= 11 is 3.38. The number of fused-ring (bicyclic) bond motifs is 1. The molecule has 0 aromatic carbocycles. The van der Waals surface area contributed by atoms with Crippen molar-refractivity contribution in [3.8, 4) is 0 Å². The van der Waals surface area contributed by atoms with Crippen molar-refractivity contribution in [3.63, 3.8) is 0 Å². The molecule has 0 radical (unpaired) electrons. The van der Waals surface area contributed by atoms with Gasteiger partial charge in [-0.25, -0.2) is 4.52 Å². The van der Waals surface area contributed by atoms with E-state index in [1.807, 2.05) is 18.3 Å². The van der Waals surface area contributed by atoms with E-state index in [9.17, 15) is 0 Å². The highest BCUT2D eigenvalue weighted by Crippen LogP contribution is 2.12. The zero-order valence-corrected chi connectivity index (χ0v) is 11.0. The largest absolute Gasteiger partial charge is 0.345 e. The van der Waals surface area contributed by atoms with Gasteiger partial charge in [0.1, 0.15) is 0 Å². The van der Waals surface area contributed by atoms with Crippen LogP contribution in [0.4, 0.5) is 5.95 Å². The predicted octanol–water partition coefficient (Wildman–Crippen LogP) is 1.80. The standard InChI is InChI=1S/C10H9BrN6O/c1-6-13-8(16-18-6)4-12-10-14-9-3-2-7(11)5-17(9)15-10/h2-3,5H,4H2,1H3,(H,12,15). The van der Waals surface area contributed by atoms with Crippen molar-refractivity contribution in [1.82, 2.24) is 24.7 Å². The minimum absolute atomic E-state index is 0.426. The first kappa shape index (κ1) is 11.1. The summed E-state index contributed by atoms with van der Waals surface area (Å²) in [7, 11) is 0. The van der Waals surface area contributed by atoms with Crippen LogP contribution >= 0.6 is 15.9 Å². The molecule has 7 nitrogen and oxygen atoms in total. The second-order valence-electron chi connectivity index (χ2n) is 3.67. The van der Waals surface area contributed by atoms with Gasteiger partial charge in [0.15, 0.2) is 11.5 Å². The molecule has 0 spiro atoms. The molecule has 8 heteroatoms. The fourth-order valence-corrected chi connectivity index (χ4v) is 1.83. The van der Waals surface area contributed by atoms with Crippen LogP contribution in [0.3, 0.4) is 0 Å². The van der Waals surface area contributed by atoms with Crippen molar-refractivity contribution in [1.29, 1.82) is 0 Å². The monoisotopic (exact) mass is 308 g/mol. The molecule has 3 aromatic heterocycles. The molecule has 0 aliphatic rings. The SMILES string of the molecule is Cc1nc(CNc2nc3ccc(Br)cn3n2)no1. The number of nitrogens with zero attached hydrogens (tertiary/aromatic N) is 5. The van der Waals surface area contributed by atoms with Crippen LogP contribution in [-0.2, 0) is 6.54 Å². The van der Waals surface area contributed by atoms with Crippen LogP contribution in [0.5, 0.6) is 0 Å². The second kappa shape index (κ2) is 4.37. The summed E-state index contributed by atoms with van der Waals surface area (Å²) in [4.78, 5) is 8.39. The molecule has 0 aliphatic heterocycles. The molecular formula is C10H9BrN6O. The normalized spacial score (nSPS) is 11.0. The molecule has 92 valence electrons. The summed E-state index contributed by atoms with van der Waals surface area (Å²) in [5, 5.41) is 11.1. The Hall–Kier alpha value is -1.96. The van der Waals surface area contributed by atoms with E-state index in [-0.39, 0.29) is 0 Å². The van der Waals surface area contributed by atoms with E-state index in [4.69, 9.17) is 4.52 Å². The van der Waals surface area contributed by atoms with Crippen molar-refractivity contribution < 1.29 is 4.52 Å². The highest BCUT2D eigenvalue weighted by atomic mass is 79.9. The lowest BCUT2D eigenvalue weighted by atomic mass is 10.5. The molecule has 0 saturated heterocycles. The summed E-state index contributed by atoms with van der Waals surface area (Å²) in [6.07, 6.45) is 1.84. The number of aromatic nitrogens is 5. The molecule has 0 atom stereocenters. The Labute approximate surface area is 110 Å². The van der Waals surface area contributed by atoms with Gasteiger partial charge in [-0.2, -0.15) is 9.97 Å². The molecule has 0 bridgehead atoms. The fourth-order valence-electron chi connectivity index (χ4n) is 1.50. The first-order valence-electron chi connectivity index (χ1n) is 5.26. The minimum Gasteiger partial charge on any atom is -0.345 e. The fraction of sp³-hybridized carbons (Fsp3) is 0.200. The third-order valence-electron chi connectivity index (χ3n) is 2.27. The van der Waals surface area contributed by atoms with Crippen LogP contribution in [0.1, 0.15) is 11.7 Å². The summed E-state index contributed by atoms with van der Waals surface area (Å²) in [5.41, 5.74) is 0.769. The third kappa shape index (κ3) is 2.19. The molecule has 0 saturated carbocycles. The van der Waals surface area contributed by atoms with Gasteiger partial charge >= 0.3 is 0 Å². The number of rotatable bonds is 3. The second-order valence-corrected chi connectivity index (χ2v) is 4.58. The smallest absolute Gasteiger partial charge is 0.243 e. The zero-order valence-electron chi connectivity index (χ0n) is 9.46. The van der Waals surface area contributed by atoms with Crippen LogP contribution in [0.25, 0.3) is 5.65 Å². The maximum atomic E-state index is 4.87. The van der Waals surface area contributed by atoms with E-state index in [0.717, 1.165) is 10.1 Å². The van der Waals surface area contributed by atoms with E-state index in [2.05, 4.69) is 41.5 Å². The minimum atomic E-state index is 0.426. The Morgan fingerprint density at radius 1 is 1.39 bits per heavy atom. The molecule has 3 heterocycles. The van der Waals surface area contributed by atoms with Gasteiger partial charge in [-0.1, -0.05) is 5.16 Å². The Balaban J connectivity index is 1.78. The number of pyridine rings is 1. The number of nitrogens with one attached hydrogen (secondary N) is 1. The molecule has 3 aromatic rings. The van der Waals surface area contributed by atoms with Gasteiger partial charge in [-0.05, 0) is 28.1 Å². The number of halogens is 1. The molecule has 0 aliphatic carbocycles. The summed E-state index contributed by atoms with van der Waals surface area (Å²) in [6, 6.07) is 3.79. The van der Waals surface area contributed by atoms with Gasteiger partial charge in [0.25, 0.3) is 0 Å². The molecule has 3 rings (SSSR count). The van der Waals surface area contributed by atoms with E-state index >= 15 is 0 Å². The lowest BCUT2D eigenvalue weighted by Gasteiger charge is -1.94. The molecule has 18 heavy (non-hydrogen) atoms. The summed E-state index contributed by atoms with van der Waals surface area (Å²) in [6.45, 7) is 2.17. The Morgan fingerprint density at radius 3 is 3.06 bits per heavy atom. The highest BCUT2D eigenvalue weighted by molar-refractivity contribution is 9.10. The number of anilines is 1. The first-order valence-corrected chi connectivity index (χ1v) is 6.05. The Bertz CT molecular complexity index is 691. The van der Waals surface area contributed by atoms with Gasteiger partial charge in [-0.3, -0.25) is 0 Å². The van der Waals surface area contributed by atoms with E-state index in [1.165, 1.54) is 0 Å². The Morgan fingerprint density at radius 2 is 2.28 bits per heavy atom. The molecule has 0 unspecified atom stereocenters. The lowest BCUT2D eigenvalue weighted by molar-refractivity contribution is 0.388. The van der Waals surface area contributed by atoms with Crippen molar-refractivity contribution in [2.24, 2.45) is 0 Å². The predicted molar refractivity (Wildman–Crippen MR) is 67.0 cm³/mol. The molecule has 1 N–H and O–H groups in total. The van der Waals surface area contributed by atoms with Crippen LogP contribution in [0.15, 0.2) is 27.3 Å². The number of aryl methyl sites for hydroxylation is 1. The zero-order chi connectivity index (χ0) is 12.5. The average molecular weight is 309 g/mol. The summed E-state index contributed by atoms with van der Waals surface area (Å²) < 4.78 is 7.51. The van der Waals surface area contributed by atoms with Crippen LogP contribution in [0.2, 0.25) is 0 Å². The maximum absolute atomic E-state index is 4.87. The van der Waals surface area contributed by atoms with Gasteiger partial charge in [0.05, 0.1) is 6.54 Å². The van der Waals surface area contributed by atoms with Crippen LogP contribution in [-0.4, -0.2) is 24.7 Å². The van der Waals surface area contributed by atoms with E-state index < -0.39 is 0 Å². The molecule has 0 fully saturated rings. The third-order valence-corrected chi connectivity index (χ3v) is 2.74. The van der Waals surface area contributed by atoms with Crippen molar-refractivity contribution >= 4 is 27.5 Å². The van der Waals surface area contributed by atoms with Gasteiger partial charge in [0, 0.05) is 17.6 Å². The number of hydrogen-bond donors (Lipinski definition) is 1. The van der Waals surface area contributed by atoms with Crippen molar-refractivity contribution in [2.45, 2.75) is 13.5 Å². The van der Waals surface area contributed by atoms with Crippen molar-refractivity contribution in [3.05, 3.63) is 34.5 Å². The highest BCUT2D eigenvalue weighted by Gasteiger charge is 2.06. The first-order chi connectivity index (χ1) is 8.70. The molecule has 0 amide bonds.